The monoisotopic (exact) mass is 739 g/mol. The lowest BCUT2D eigenvalue weighted by Crippen LogP contribution is -2.11. The summed E-state index contributed by atoms with van der Waals surface area (Å²) in [6.45, 7) is 0. The van der Waals surface area contributed by atoms with Crippen LogP contribution in [0.5, 0.6) is 0 Å². The van der Waals surface area contributed by atoms with E-state index in [-0.39, 0.29) is 0 Å². The van der Waals surface area contributed by atoms with Gasteiger partial charge in [-0.2, -0.15) is 0 Å². The highest BCUT2D eigenvalue weighted by molar-refractivity contribution is 6.23. The summed E-state index contributed by atoms with van der Waals surface area (Å²) in [5.74, 6) is 0. The molecule has 1 heterocycles. The molecular weight excluding hydrogens is 703 g/mol. The molecule has 58 heavy (non-hydrogen) atoms. The number of rotatable bonds is 7. The van der Waals surface area contributed by atoms with Crippen LogP contribution in [-0.4, -0.2) is 0 Å². The van der Waals surface area contributed by atoms with Crippen molar-refractivity contribution < 1.29 is 4.42 Å². The van der Waals surface area contributed by atoms with E-state index in [0.717, 1.165) is 66.5 Å². The molecule has 10 aromatic carbocycles. The minimum absolute atomic E-state index is 0.875. The standard InChI is InChI=1S/C56H37NO/c1-3-14-38(15-4-1)40-28-30-42(31-29-40)45-20-11-21-46(36-45)57(52-26-12-19-43-18-7-8-22-47(43)52)53-37-51-55-48(44-34-32-41(33-35-44)39-16-5-2-6-17-39)25-13-27-54(55)58-56(51)50-24-10-9-23-49(50)53/h1-37H. The molecule has 2 heteroatoms. The van der Waals surface area contributed by atoms with E-state index in [2.05, 4.69) is 229 Å². The molecule has 0 spiro atoms. The summed E-state index contributed by atoms with van der Waals surface area (Å²) in [7, 11) is 0. The summed E-state index contributed by atoms with van der Waals surface area (Å²) in [5.41, 5.74) is 14.5. The molecule has 0 aliphatic rings. The second-order valence-electron chi connectivity index (χ2n) is 14.9. The number of benzene rings is 10. The quantitative estimate of drug-likeness (QED) is 0.162. The van der Waals surface area contributed by atoms with Gasteiger partial charge in [-0.1, -0.05) is 194 Å². The van der Waals surface area contributed by atoms with E-state index < -0.39 is 0 Å². The Labute approximate surface area is 337 Å². The molecule has 0 bridgehead atoms. The largest absolute Gasteiger partial charge is 0.455 e. The Hall–Kier alpha value is -7.68. The van der Waals surface area contributed by atoms with Gasteiger partial charge >= 0.3 is 0 Å². The van der Waals surface area contributed by atoms with Crippen LogP contribution in [0.4, 0.5) is 17.1 Å². The second-order valence-corrected chi connectivity index (χ2v) is 14.9. The predicted octanol–water partition coefficient (Wildman–Crippen LogP) is 16.0. The summed E-state index contributed by atoms with van der Waals surface area (Å²) in [6.07, 6.45) is 0. The Morgan fingerprint density at radius 1 is 0.310 bits per heavy atom. The molecule has 2 nitrogen and oxygen atoms in total. The van der Waals surface area contributed by atoms with E-state index in [4.69, 9.17) is 4.42 Å². The van der Waals surface area contributed by atoms with E-state index in [9.17, 15) is 0 Å². The summed E-state index contributed by atoms with van der Waals surface area (Å²) >= 11 is 0. The third kappa shape index (κ3) is 5.82. The van der Waals surface area contributed by atoms with Crippen LogP contribution in [-0.2, 0) is 0 Å². The highest BCUT2D eigenvalue weighted by atomic mass is 16.3. The minimum Gasteiger partial charge on any atom is -0.455 e. The first-order valence-corrected chi connectivity index (χ1v) is 19.8. The van der Waals surface area contributed by atoms with Crippen LogP contribution in [0.2, 0.25) is 0 Å². The maximum Gasteiger partial charge on any atom is 0.143 e. The fourth-order valence-corrected chi connectivity index (χ4v) is 8.65. The summed E-state index contributed by atoms with van der Waals surface area (Å²) in [4.78, 5) is 2.45. The van der Waals surface area contributed by atoms with E-state index in [1.54, 1.807) is 0 Å². The van der Waals surface area contributed by atoms with Crippen molar-refractivity contribution in [2.75, 3.05) is 4.90 Å². The Bertz CT molecular complexity index is 3250. The molecular formula is C56H37NO. The van der Waals surface area contributed by atoms with Crippen molar-refractivity contribution in [1.29, 1.82) is 0 Å². The van der Waals surface area contributed by atoms with Crippen LogP contribution in [0.25, 0.3) is 88.0 Å². The fraction of sp³-hybridized carbons (Fsp3) is 0. The molecule has 0 unspecified atom stereocenters. The van der Waals surface area contributed by atoms with Crippen molar-refractivity contribution in [2.24, 2.45) is 0 Å². The highest BCUT2D eigenvalue weighted by Crippen LogP contribution is 2.48. The summed E-state index contributed by atoms with van der Waals surface area (Å²) in [6, 6.07) is 80.6. The molecule has 0 saturated heterocycles. The van der Waals surface area contributed by atoms with Crippen molar-refractivity contribution in [2.45, 2.75) is 0 Å². The third-order valence-electron chi connectivity index (χ3n) is 11.5. The van der Waals surface area contributed by atoms with Gasteiger partial charge in [0.05, 0.1) is 11.4 Å². The molecule has 0 atom stereocenters. The van der Waals surface area contributed by atoms with Gasteiger partial charge in [0.2, 0.25) is 0 Å². The maximum atomic E-state index is 6.84. The van der Waals surface area contributed by atoms with Gasteiger partial charge in [0.1, 0.15) is 11.2 Å². The smallest absolute Gasteiger partial charge is 0.143 e. The van der Waals surface area contributed by atoms with Crippen molar-refractivity contribution in [3.8, 4) is 44.5 Å². The van der Waals surface area contributed by atoms with Crippen molar-refractivity contribution in [3.05, 3.63) is 224 Å². The van der Waals surface area contributed by atoms with Gasteiger partial charge < -0.3 is 9.32 Å². The van der Waals surface area contributed by atoms with Crippen LogP contribution in [0, 0.1) is 0 Å². The fourth-order valence-electron chi connectivity index (χ4n) is 8.65. The molecule has 0 aliphatic heterocycles. The van der Waals surface area contributed by atoms with Gasteiger partial charge in [0.15, 0.2) is 0 Å². The molecule has 0 saturated carbocycles. The molecule has 0 amide bonds. The number of hydrogen-bond acceptors (Lipinski definition) is 2. The third-order valence-corrected chi connectivity index (χ3v) is 11.5. The Kier molecular flexibility index (Phi) is 8.19. The Morgan fingerprint density at radius 3 is 1.53 bits per heavy atom. The lowest BCUT2D eigenvalue weighted by molar-refractivity contribution is 0.673. The summed E-state index contributed by atoms with van der Waals surface area (Å²) < 4.78 is 6.84. The molecule has 0 aliphatic carbocycles. The van der Waals surface area contributed by atoms with E-state index >= 15 is 0 Å². The molecule has 0 fully saturated rings. The zero-order valence-corrected chi connectivity index (χ0v) is 31.7. The van der Waals surface area contributed by atoms with Crippen LogP contribution >= 0.6 is 0 Å². The average Bonchev–Trinajstić information content (AvgIpc) is 3.69. The molecule has 0 radical (unpaired) electrons. The predicted molar refractivity (Wildman–Crippen MR) is 245 cm³/mol. The van der Waals surface area contributed by atoms with Crippen LogP contribution in [0.3, 0.4) is 0 Å². The number of anilines is 3. The lowest BCUT2D eigenvalue weighted by atomic mass is 9.95. The maximum absolute atomic E-state index is 6.84. The number of nitrogens with zero attached hydrogens (tertiary/aromatic N) is 1. The first kappa shape index (κ1) is 33.6. The van der Waals surface area contributed by atoms with Crippen LogP contribution in [0.15, 0.2) is 229 Å². The zero-order chi connectivity index (χ0) is 38.4. The molecule has 11 aromatic rings. The van der Waals surface area contributed by atoms with Gasteiger partial charge in [0.25, 0.3) is 0 Å². The average molecular weight is 740 g/mol. The first-order chi connectivity index (χ1) is 28.8. The van der Waals surface area contributed by atoms with Gasteiger partial charge in [-0.05, 0) is 80.2 Å². The van der Waals surface area contributed by atoms with E-state index in [1.165, 1.54) is 38.6 Å². The van der Waals surface area contributed by atoms with Gasteiger partial charge in [-0.3, -0.25) is 0 Å². The molecule has 0 N–H and O–H groups in total. The molecule has 272 valence electrons. The Morgan fingerprint density at radius 2 is 0.828 bits per heavy atom. The SMILES string of the molecule is c1ccc(-c2ccc(-c3cccc(N(c4cccc5ccccc45)c4cc5c(oc6cccc(-c7ccc(-c8ccccc8)cc7)c65)c5ccccc45)c3)cc2)cc1. The van der Waals surface area contributed by atoms with Crippen molar-refractivity contribution in [1.82, 2.24) is 0 Å². The zero-order valence-electron chi connectivity index (χ0n) is 31.7. The van der Waals surface area contributed by atoms with E-state index in [0.29, 0.717) is 0 Å². The minimum atomic E-state index is 0.875. The number of furan rings is 1. The Balaban J connectivity index is 1.13. The van der Waals surface area contributed by atoms with Crippen molar-refractivity contribution in [3.63, 3.8) is 0 Å². The number of hydrogen-bond donors (Lipinski definition) is 0. The van der Waals surface area contributed by atoms with Gasteiger partial charge in [0, 0.05) is 32.6 Å². The lowest BCUT2D eigenvalue weighted by Gasteiger charge is -2.29. The number of fused-ring (bicyclic) bond motifs is 6. The normalized spacial score (nSPS) is 11.4. The molecule has 11 rings (SSSR count). The molecule has 1 aromatic heterocycles. The van der Waals surface area contributed by atoms with Gasteiger partial charge in [-0.15, -0.1) is 0 Å². The van der Waals surface area contributed by atoms with Gasteiger partial charge in [-0.25, -0.2) is 0 Å². The van der Waals surface area contributed by atoms with Crippen LogP contribution in [0.1, 0.15) is 0 Å². The van der Waals surface area contributed by atoms with E-state index in [1.807, 2.05) is 0 Å². The summed E-state index contributed by atoms with van der Waals surface area (Å²) in [5, 5.41) is 6.77. The second kappa shape index (κ2) is 14.1. The first-order valence-electron chi connectivity index (χ1n) is 19.8. The van der Waals surface area contributed by atoms with Crippen molar-refractivity contribution >= 4 is 60.5 Å². The highest BCUT2D eigenvalue weighted by Gasteiger charge is 2.23. The van der Waals surface area contributed by atoms with Crippen LogP contribution < -0.4 is 4.90 Å². The topological polar surface area (TPSA) is 16.4 Å².